The van der Waals surface area contributed by atoms with Gasteiger partial charge in [0.05, 0.1) is 57.5 Å². The van der Waals surface area contributed by atoms with Crippen LogP contribution >= 0.6 is 0 Å². The van der Waals surface area contributed by atoms with E-state index in [1.807, 2.05) is 18.2 Å². The highest BCUT2D eigenvalue weighted by Crippen LogP contribution is 2.45. The molecule has 0 amide bonds. The number of nitrogens with two attached hydrogens (primary N) is 3. The van der Waals surface area contributed by atoms with E-state index in [2.05, 4.69) is 224 Å². The lowest BCUT2D eigenvalue weighted by Gasteiger charge is -2.61. The Kier molecular flexibility index (Phi) is 27.8. The molecule has 0 unspecified atom stereocenters. The van der Waals surface area contributed by atoms with Crippen LogP contribution in [-0.4, -0.2) is 211 Å². The summed E-state index contributed by atoms with van der Waals surface area (Å²) in [5.74, 6) is 6.09. The molecule has 15 rings (SSSR count). The average Bonchev–Trinajstić information content (AvgIpc) is 0.840. The first kappa shape index (κ1) is 83.4. The van der Waals surface area contributed by atoms with Gasteiger partial charge in [0.15, 0.2) is 17.5 Å². The number of rotatable bonds is 33. The van der Waals surface area contributed by atoms with Gasteiger partial charge in [-0.15, -0.1) is 0 Å². The van der Waals surface area contributed by atoms with Crippen LogP contribution in [0.25, 0.3) is 33.1 Å². The molecule has 0 aliphatic carbocycles. The topological polar surface area (TPSA) is 253 Å². The fourth-order valence-corrected chi connectivity index (χ4v) is 18.7. The van der Waals surface area contributed by atoms with E-state index in [0.717, 1.165) is 143 Å². The summed E-state index contributed by atoms with van der Waals surface area (Å²) in [6.45, 7) is 42.9. The second-order valence-electron chi connectivity index (χ2n) is 35.0. The number of hydrogen-bond donors (Lipinski definition) is 6. The normalized spacial score (nSPS) is 17.8. The van der Waals surface area contributed by atoms with Gasteiger partial charge in [0.25, 0.3) is 0 Å². The molecule has 0 saturated carbocycles. The van der Waals surface area contributed by atoms with Gasteiger partial charge in [-0.1, -0.05) is 95.7 Å². The lowest BCUT2D eigenvalue weighted by molar-refractivity contribution is -0.128. The average molecular weight is 1560 g/mol. The Labute approximate surface area is 679 Å². The monoisotopic (exact) mass is 1560 g/mol. The Balaban J connectivity index is 0.000000149. The Morgan fingerprint density at radius 1 is 0.360 bits per heavy atom. The first-order chi connectivity index (χ1) is 55.2. The number of nitrogen functional groups attached to an aromatic ring is 3. The minimum Gasteiger partial charge on any atom is -0.496 e. The highest BCUT2D eigenvalue weighted by atomic mass is 16.5. The Morgan fingerprint density at radius 2 is 0.675 bits per heavy atom. The third-order valence-corrected chi connectivity index (χ3v) is 25.5. The van der Waals surface area contributed by atoms with Crippen LogP contribution in [0.5, 0.6) is 17.2 Å². The van der Waals surface area contributed by atoms with Gasteiger partial charge in [-0.3, -0.25) is 19.6 Å². The molecule has 0 atom stereocenters. The molecule has 6 saturated heterocycles. The summed E-state index contributed by atoms with van der Waals surface area (Å²) < 4.78 is 24.2. The molecule has 6 fully saturated rings. The second kappa shape index (κ2) is 38.0. The first-order valence-corrected chi connectivity index (χ1v) is 43.1. The molecule has 3 spiro atoms. The quantitative estimate of drug-likeness (QED) is 0.0209. The number of methoxy groups -OCH3 is 3. The fourth-order valence-electron chi connectivity index (χ4n) is 18.7. The van der Waals surface area contributed by atoms with E-state index in [1.54, 1.807) is 21.3 Å². The zero-order valence-corrected chi connectivity index (χ0v) is 71.0. The van der Waals surface area contributed by atoms with Gasteiger partial charge in [0, 0.05) is 137 Å². The SMILES string of the molecule is CCCCCNc1nc(N)nc2ccn(Cc3ccc(CN4CC5(C4)CN(C(C)C)C5)cc3OC)c12.CCCCCNc1nc(N)nc2ccn(Cc3ccc(CN4CC5(CCN(C(C)C)CC5)C4)cc3OC)c12.CCCCCNc1nc(N)nc2ccn(Cc3ccc(CN4CCC5(CC4)CCN(C(C)C)CC5)cc3OC)c12. The van der Waals surface area contributed by atoms with E-state index in [4.69, 9.17) is 31.4 Å². The molecule has 6 aromatic heterocycles. The van der Waals surface area contributed by atoms with Crippen molar-refractivity contribution in [2.75, 3.05) is 153 Å². The van der Waals surface area contributed by atoms with Crippen molar-refractivity contribution in [3.63, 3.8) is 0 Å². The van der Waals surface area contributed by atoms with Crippen molar-refractivity contribution in [2.24, 2.45) is 16.2 Å². The summed E-state index contributed by atoms with van der Waals surface area (Å²) >= 11 is 0. The molecular formula is C90H135N21O3. The molecule has 9 aromatic rings. The zero-order chi connectivity index (χ0) is 80.1. The lowest BCUT2D eigenvalue weighted by Crippen LogP contribution is -2.72. The maximum absolute atomic E-state index is 6.02. The number of unbranched alkanes of at least 4 members (excludes halogenated alkanes) is 6. The highest BCUT2D eigenvalue weighted by Gasteiger charge is 2.52. The Hall–Kier alpha value is -8.52. The minimum absolute atomic E-state index is 0.298. The smallest absolute Gasteiger partial charge is 0.222 e. The fraction of sp³-hybridized carbons (Fsp3) is 0.600. The molecule has 618 valence electrons. The van der Waals surface area contributed by atoms with E-state index < -0.39 is 0 Å². The Morgan fingerprint density at radius 3 is 1.00 bits per heavy atom. The predicted octanol–water partition coefficient (Wildman–Crippen LogP) is 14.9. The standard InChI is InChI=1S/C32H49N7O.C30H45N7O.C28H41N7O/c1-5-6-7-15-34-30-29-27(35-31(33)36-30)10-16-39(29)23-26-9-8-25(21-28(26)40-4)22-37-17-11-32(12-18-37)13-19-38(20-14-32)24(2)3;1-5-6-7-13-32-28-27-25(33-29(31)34-28)10-14-37(27)19-24-9-8-23(17-26(24)38-4)18-35-20-30(21-35)11-15-36(16-12-30)22(2)3;1-5-6-7-11-30-26-25-23(31-27(29)32-26)10-12-34(25)15-22-9-8-21(13-24(22)36-4)14-33-16-28(17-33)18-35(19-28)20(2)3/h8-10,16,21,24H,5-7,11-15,17-20,22-23H2,1-4H3,(H3,33,34,35,36);8-10,14,17,22H,5-7,11-13,15-16,18-21H2,1-4H3,(H3,31,32,33,34);8-10,12-13,20H,5-7,11,14-19H2,1-4H3,(H3,29,30,31,32). The van der Waals surface area contributed by atoms with Gasteiger partial charge in [0.1, 0.15) is 33.8 Å². The number of piperidine rings is 3. The van der Waals surface area contributed by atoms with Crippen LogP contribution in [0.3, 0.4) is 0 Å². The third kappa shape index (κ3) is 20.3. The summed E-state index contributed by atoms with van der Waals surface area (Å²) in [4.78, 5) is 42.6. The van der Waals surface area contributed by atoms with Crippen molar-refractivity contribution in [3.8, 4) is 17.2 Å². The summed E-state index contributed by atoms with van der Waals surface area (Å²) in [6, 6.07) is 28.1. The summed E-state index contributed by atoms with van der Waals surface area (Å²) in [7, 11) is 5.30. The molecule has 24 heteroatoms. The van der Waals surface area contributed by atoms with Crippen molar-refractivity contribution in [1.29, 1.82) is 0 Å². The van der Waals surface area contributed by atoms with E-state index in [0.29, 0.717) is 71.8 Å². The van der Waals surface area contributed by atoms with Crippen molar-refractivity contribution >= 4 is 68.4 Å². The van der Waals surface area contributed by atoms with Gasteiger partial charge in [0.2, 0.25) is 17.8 Å². The molecule has 12 heterocycles. The maximum Gasteiger partial charge on any atom is 0.222 e. The molecule has 0 bridgehead atoms. The largest absolute Gasteiger partial charge is 0.496 e. The molecular weight excluding hydrogens is 1420 g/mol. The van der Waals surface area contributed by atoms with Crippen LogP contribution in [-0.2, 0) is 39.3 Å². The van der Waals surface area contributed by atoms with E-state index in [9.17, 15) is 0 Å². The number of ether oxygens (including phenoxy) is 3. The number of aromatic nitrogens is 9. The Bertz CT molecular complexity index is 4570. The van der Waals surface area contributed by atoms with Crippen LogP contribution in [0.2, 0.25) is 0 Å². The number of nitrogens with one attached hydrogen (secondary N) is 3. The molecule has 114 heavy (non-hydrogen) atoms. The van der Waals surface area contributed by atoms with Crippen LogP contribution in [0, 0.1) is 16.2 Å². The molecule has 3 aromatic carbocycles. The molecule has 6 aliphatic rings. The predicted molar refractivity (Wildman–Crippen MR) is 467 cm³/mol. The number of fused-ring (bicyclic) bond motifs is 3. The van der Waals surface area contributed by atoms with Crippen LogP contribution < -0.4 is 47.4 Å². The number of hydrogen-bond acceptors (Lipinski definition) is 21. The van der Waals surface area contributed by atoms with Gasteiger partial charge < -0.3 is 70.9 Å². The van der Waals surface area contributed by atoms with Crippen molar-refractivity contribution < 1.29 is 14.2 Å². The summed E-state index contributed by atoms with van der Waals surface area (Å²) in [5, 5.41) is 10.5. The molecule has 0 radical (unpaired) electrons. The lowest BCUT2D eigenvalue weighted by atomic mass is 9.71. The van der Waals surface area contributed by atoms with Crippen molar-refractivity contribution in [3.05, 3.63) is 125 Å². The van der Waals surface area contributed by atoms with Crippen molar-refractivity contribution in [1.82, 2.24) is 73.0 Å². The molecule has 24 nitrogen and oxygen atoms in total. The number of benzene rings is 3. The minimum atomic E-state index is 0.298. The van der Waals surface area contributed by atoms with Gasteiger partial charge in [-0.2, -0.15) is 15.0 Å². The van der Waals surface area contributed by atoms with E-state index in [1.165, 1.54) is 172 Å². The molecule has 9 N–H and O–H groups in total. The van der Waals surface area contributed by atoms with Crippen LogP contribution in [0.15, 0.2) is 91.4 Å². The summed E-state index contributed by atoms with van der Waals surface area (Å²) in [5.41, 5.74) is 32.5. The van der Waals surface area contributed by atoms with Crippen LogP contribution in [0.4, 0.5) is 35.3 Å². The number of likely N-dealkylation sites (tertiary alicyclic amines) is 6. The van der Waals surface area contributed by atoms with Crippen LogP contribution in [0.1, 0.15) is 192 Å². The number of anilines is 6. The van der Waals surface area contributed by atoms with E-state index in [-0.39, 0.29) is 0 Å². The van der Waals surface area contributed by atoms with Gasteiger partial charge in [-0.25, -0.2) is 15.0 Å². The van der Waals surface area contributed by atoms with E-state index >= 15 is 0 Å². The van der Waals surface area contributed by atoms with Crippen molar-refractivity contribution in [2.45, 2.75) is 216 Å². The zero-order valence-electron chi connectivity index (χ0n) is 71.0. The maximum atomic E-state index is 6.02. The van der Waals surface area contributed by atoms with Gasteiger partial charge >= 0.3 is 0 Å². The second-order valence-corrected chi connectivity index (χ2v) is 35.0. The molecule has 6 aliphatic heterocycles. The third-order valence-electron chi connectivity index (χ3n) is 25.5. The highest BCUT2D eigenvalue weighted by molar-refractivity contribution is 5.89. The van der Waals surface area contributed by atoms with Gasteiger partial charge in [-0.05, 0) is 203 Å². The summed E-state index contributed by atoms with van der Waals surface area (Å²) in [6.07, 6.45) is 24.7. The number of nitrogens with zero attached hydrogens (tertiary/aromatic N) is 15. The first-order valence-electron chi connectivity index (χ1n) is 43.1.